The van der Waals surface area contributed by atoms with Crippen LogP contribution in [0, 0.1) is 0 Å². The van der Waals surface area contributed by atoms with E-state index in [9.17, 15) is 8.42 Å². The average molecular weight is 232 g/mol. The zero-order valence-electron chi connectivity index (χ0n) is 8.84. The van der Waals surface area contributed by atoms with Crippen molar-refractivity contribution >= 4 is 10.0 Å². The van der Waals surface area contributed by atoms with Gasteiger partial charge in [-0.25, -0.2) is 12.7 Å². The molecule has 1 aromatic rings. The van der Waals surface area contributed by atoms with Crippen LogP contribution in [0.2, 0.25) is 0 Å². The summed E-state index contributed by atoms with van der Waals surface area (Å²) in [5.74, 6) is 0. The normalized spacial score (nSPS) is 14.4. The van der Waals surface area contributed by atoms with E-state index in [1.807, 2.05) is 0 Å². The van der Waals surface area contributed by atoms with Crippen molar-refractivity contribution in [3.05, 3.63) is 18.5 Å². The van der Waals surface area contributed by atoms with Crippen LogP contribution in [-0.4, -0.2) is 42.5 Å². The number of nitrogens with zero attached hydrogens (tertiary/aromatic N) is 1. The third-order valence-corrected chi connectivity index (χ3v) is 3.99. The molecule has 1 atom stereocenters. The molecule has 0 bridgehead atoms. The summed E-state index contributed by atoms with van der Waals surface area (Å²) >= 11 is 0. The maximum Gasteiger partial charge on any atom is 0.244 e. The van der Waals surface area contributed by atoms with Crippen molar-refractivity contribution in [1.29, 1.82) is 0 Å². The molecule has 0 aromatic carbocycles. The first-order chi connectivity index (χ1) is 6.94. The lowest BCUT2D eigenvalue weighted by Gasteiger charge is -2.16. The summed E-state index contributed by atoms with van der Waals surface area (Å²) in [5, 5.41) is 9.07. The highest BCUT2D eigenvalue weighted by atomic mass is 32.2. The number of hydrogen-bond acceptors (Lipinski definition) is 3. The fourth-order valence-electron chi connectivity index (χ4n) is 1.14. The monoisotopic (exact) mass is 232 g/mol. The molecule has 0 spiro atoms. The van der Waals surface area contributed by atoms with Crippen LogP contribution < -0.4 is 0 Å². The number of aromatic nitrogens is 1. The highest BCUT2D eigenvalue weighted by Gasteiger charge is 2.20. The highest BCUT2D eigenvalue weighted by molar-refractivity contribution is 7.89. The predicted molar refractivity (Wildman–Crippen MR) is 56.9 cm³/mol. The third-order valence-electron chi connectivity index (χ3n) is 2.14. The summed E-state index contributed by atoms with van der Waals surface area (Å²) in [6.07, 6.45) is 2.94. The summed E-state index contributed by atoms with van der Waals surface area (Å²) in [4.78, 5) is 2.95. The van der Waals surface area contributed by atoms with E-state index in [0.29, 0.717) is 13.0 Å². The molecule has 0 aliphatic heterocycles. The van der Waals surface area contributed by atoms with E-state index in [1.165, 1.54) is 23.6 Å². The predicted octanol–water partition coefficient (Wildman–Crippen LogP) is 0.406. The third kappa shape index (κ3) is 3.05. The molecule has 0 saturated heterocycles. The summed E-state index contributed by atoms with van der Waals surface area (Å²) < 4.78 is 24.9. The number of rotatable bonds is 5. The van der Waals surface area contributed by atoms with Crippen molar-refractivity contribution in [1.82, 2.24) is 9.29 Å². The van der Waals surface area contributed by atoms with Gasteiger partial charge in [-0.05, 0) is 19.4 Å². The summed E-state index contributed by atoms with van der Waals surface area (Å²) in [6.45, 7) is 1.95. The molecule has 0 saturated carbocycles. The Morgan fingerprint density at radius 3 is 2.73 bits per heavy atom. The number of nitrogens with one attached hydrogen (secondary N) is 1. The van der Waals surface area contributed by atoms with E-state index in [1.54, 1.807) is 13.1 Å². The molecule has 86 valence electrons. The molecule has 0 fully saturated rings. The van der Waals surface area contributed by atoms with E-state index < -0.39 is 16.1 Å². The summed E-state index contributed by atoms with van der Waals surface area (Å²) in [7, 11) is -1.90. The van der Waals surface area contributed by atoms with Crippen LogP contribution >= 0.6 is 0 Å². The Balaban J connectivity index is 2.71. The molecule has 1 rings (SSSR count). The van der Waals surface area contributed by atoms with Crippen molar-refractivity contribution in [2.45, 2.75) is 24.3 Å². The van der Waals surface area contributed by atoms with E-state index in [4.69, 9.17) is 5.11 Å². The van der Waals surface area contributed by atoms with Crippen LogP contribution in [0.4, 0.5) is 0 Å². The first kappa shape index (κ1) is 12.2. The minimum absolute atomic E-state index is 0.246. The van der Waals surface area contributed by atoms with Gasteiger partial charge in [0.25, 0.3) is 0 Å². The Morgan fingerprint density at radius 2 is 2.27 bits per heavy atom. The number of H-pyrrole nitrogens is 1. The molecular formula is C9H16N2O3S. The fourth-order valence-corrected chi connectivity index (χ4v) is 2.30. The van der Waals surface area contributed by atoms with Gasteiger partial charge >= 0.3 is 0 Å². The van der Waals surface area contributed by atoms with Gasteiger partial charge in [0.15, 0.2) is 0 Å². The Morgan fingerprint density at radius 1 is 1.60 bits per heavy atom. The maximum absolute atomic E-state index is 11.8. The second kappa shape index (κ2) is 4.78. The molecule has 1 unspecified atom stereocenters. The smallest absolute Gasteiger partial charge is 0.244 e. The van der Waals surface area contributed by atoms with Crippen molar-refractivity contribution in [2.24, 2.45) is 0 Å². The number of sulfonamides is 1. The zero-order chi connectivity index (χ0) is 11.5. The van der Waals surface area contributed by atoms with Crippen molar-refractivity contribution in [2.75, 3.05) is 13.6 Å². The minimum Gasteiger partial charge on any atom is -0.393 e. The number of aromatic amines is 1. The van der Waals surface area contributed by atoms with Crippen LogP contribution in [0.15, 0.2) is 23.4 Å². The molecule has 15 heavy (non-hydrogen) atoms. The van der Waals surface area contributed by atoms with Gasteiger partial charge in [-0.2, -0.15) is 0 Å². The van der Waals surface area contributed by atoms with Crippen LogP contribution in [0.1, 0.15) is 13.3 Å². The minimum atomic E-state index is -3.40. The van der Waals surface area contributed by atoms with E-state index in [-0.39, 0.29) is 4.90 Å². The largest absolute Gasteiger partial charge is 0.393 e. The lowest BCUT2D eigenvalue weighted by molar-refractivity contribution is 0.177. The SMILES string of the molecule is CC(O)CCN(C)S(=O)(=O)c1cc[nH]c1. The maximum atomic E-state index is 11.8. The Bertz CT molecular complexity index is 383. The number of aliphatic hydroxyl groups excluding tert-OH is 1. The Labute approximate surface area is 89.8 Å². The van der Waals surface area contributed by atoms with Gasteiger partial charge in [-0.15, -0.1) is 0 Å². The summed E-state index contributed by atoms with van der Waals surface area (Å²) in [6, 6.07) is 1.51. The van der Waals surface area contributed by atoms with Crippen LogP contribution in [-0.2, 0) is 10.0 Å². The zero-order valence-corrected chi connectivity index (χ0v) is 9.66. The molecule has 2 N–H and O–H groups in total. The Kier molecular flexibility index (Phi) is 3.90. The number of aliphatic hydroxyl groups is 1. The van der Waals surface area contributed by atoms with Gasteiger partial charge in [0.2, 0.25) is 10.0 Å². The highest BCUT2D eigenvalue weighted by Crippen LogP contribution is 2.13. The topological polar surface area (TPSA) is 73.4 Å². The van der Waals surface area contributed by atoms with Crippen molar-refractivity contribution in [3.8, 4) is 0 Å². The van der Waals surface area contributed by atoms with E-state index in [0.717, 1.165) is 0 Å². The van der Waals surface area contributed by atoms with Gasteiger partial charge in [-0.1, -0.05) is 0 Å². The molecule has 1 heterocycles. The van der Waals surface area contributed by atoms with Crippen molar-refractivity contribution < 1.29 is 13.5 Å². The van der Waals surface area contributed by atoms with Crippen molar-refractivity contribution in [3.63, 3.8) is 0 Å². The fraction of sp³-hybridized carbons (Fsp3) is 0.556. The quantitative estimate of drug-likeness (QED) is 0.772. The van der Waals surface area contributed by atoms with Crippen LogP contribution in [0.3, 0.4) is 0 Å². The van der Waals surface area contributed by atoms with Crippen LogP contribution in [0.5, 0.6) is 0 Å². The molecule has 0 aliphatic carbocycles. The standard InChI is InChI=1S/C9H16N2O3S/c1-8(12)4-6-11(2)15(13,14)9-3-5-10-7-9/h3,5,7-8,10,12H,4,6H2,1-2H3. The van der Waals surface area contributed by atoms with Gasteiger partial charge in [0, 0.05) is 26.0 Å². The Hall–Kier alpha value is -0.850. The number of hydrogen-bond donors (Lipinski definition) is 2. The molecule has 1 aromatic heterocycles. The first-order valence-electron chi connectivity index (χ1n) is 4.72. The average Bonchev–Trinajstić information content (AvgIpc) is 2.66. The molecule has 0 amide bonds. The molecule has 0 aliphatic rings. The molecule has 0 radical (unpaired) electrons. The van der Waals surface area contributed by atoms with E-state index >= 15 is 0 Å². The first-order valence-corrected chi connectivity index (χ1v) is 6.16. The second-order valence-electron chi connectivity index (χ2n) is 3.51. The lowest BCUT2D eigenvalue weighted by Crippen LogP contribution is -2.29. The molecule has 6 heteroatoms. The molecular weight excluding hydrogens is 216 g/mol. The van der Waals surface area contributed by atoms with E-state index in [2.05, 4.69) is 4.98 Å². The summed E-state index contributed by atoms with van der Waals surface area (Å²) in [5.41, 5.74) is 0. The molecule has 5 nitrogen and oxygen atoms in total. The van der Waals surface area contributed by atoms with Crippen LogP contribution in [0.25, 0.3) is 0 Å². The van der Waals surface area contributed by atoms with Gasteiger partial charge in [0.1, 0.15) is 0 Å². The van der Waals surface area contributed by atoms with Gasteiger partial charge < -0.3 is 10.1 Å². The lowest BCUT2D eigenvalue weighted by atomic mass is 10.3. The van der Waals surface area contributed by atoms with Gasteiger partial charge in [-0.3, -0.25) is 0 Å². The van der Waals surface area contributed by atoms with Gasteiger partial charge in [0.05, 0.1) is 11.0 Å². The second-order valence-corrected chi connectivity index (χ2v) is 5.56.